The molecule has 1 aliphatic rings. The molecule has 2 N–H and O–H groups in total. The lowest BCUT2D eigenvalue weighted by atomic mass is 10.1. The average molecular weight is 246 g/mol. The number of fused-ring (bicyclic) bond motifs is 1. The van der Waals surface area contributed by atoms with Crippen molar-refractivity contribution < 1.29 is 4.63 Å². The maximum atomic E-state index is 5.85. The van der Waals surface area contributed by atoms with Crippen molar-refractivity contribution in [3.05, 3.63) is 12.1 Å². The second kappa shape index (κ2) is 4.48. The van der Waals surface area contributed by atoms with E-state index in [4.69, 9.17) is 10.4 Å². The molecule has 1 aromatic heterocycles. The lowest BCUT2D eigenvalue weighted by Gasteiger charge is -2.23. The highest BCUT2D eigenvalue weighted by Gasteiger charge is 2.19. The van der Waals surface area contributed by atoms with E-state index in [1.807, 2.05) is 12.1 Å². The van der Waals surface area contributed by atoms with Crippen molar-refractivity contribution in [1.82, 2.24) is 10.3 Å². The van der Waals surface area contributed by atoms with Gasteiger partial charge in [-0.1, -0.05) is 12.8 Å². The first-order chi connectivity index (χ1) is 8.75. The lowest BCUT2D eigenvalue weighted by molar-refractivity contribution is 0.315. The van der Waals surface area contributed by atoms with Gasteiger partial charge in [-0.25, -0.2) is 4.63 Å². The maximum absolute atomic E-state index is 5.85. The second-order valence-corrected chi connectivity index (χ2v) is 5.17. The van der Waals surface area contributed by atoms with Crippen LogP contribution < -0.4 is 10.6 Å². The van der Waals surface area contributed by atoms with E-state index in [-0.39, 0.29) is 0 Å². The Morgan fingerprint density at radius 2 is 2.00 bits per heavy atom. The highest BCUT2D eigenvalue weighted by atomic mass is 16.6. The summed E-state index contributed by atoms with van der Waals surface area (Å²) in [6.07, 6.45) is 5.39. The van der Waals surface area contributed by atoms with Gasteiger partial charge in [-0.15, -0.1) is 0 Å². The molecule has 0 radical (unpaired) electrons. The van der Waals surface area contributed by atoms with Gasteiger partial charge in [0.15, 0.2) is 11.0 Å². The molecule has 0 unspecified atom stereocenters. The zero-order valence-corrected chi connectivity index (χ0v) is 10.6. The third kappa shape index (κ3) is 1.89. The topological polar surface area (TPSA) is 68.2 Å². The van der Waals surface area contributed by atoms with Crippen LogP contribution in [-0.4, -0.2) is 23.9 Å². The Kier molecular flexibility index (Phi) is 2.81. The van der Waals surface area contributed by atoms with Crippen molar-refractivity contribution in [1.29, 1.82) is 0 Å². The quantitative estimate of drug-likeness (QED) is 0.842. The molecule has 0 bridgehead atoms. The minimum absolute atomic E-state index is 0.615. The van der Waals surface area contributed by atoms with Crippen LogP contribution in [0.1, 0.15) is 25.7 Å². The number of anilines is 2. The molecule has 0 saturated heterocycles. The molecule has 0 amide bonds. The molecule has 0 spiro atoms. The van der Waals surface area contributed by atoms with Gasteiger partial charge in [0.2, 0.25) is 0 Å². The predicted molar refractivity (Wildman–Crippen MR) is 71.4 cm³/mol. The van der Waals surface area contributed by atoms with Gasteiger partial charge in [0, 0.05) is 13.6 Å². The normalized spacial score (nSPS) is 16.5. The van der Waals surface area contributed by atoms with Gasteiger partial charge in [0.05, 0.1) is 11.4 Å². The summed E-state index contributed by atoms with van der Waals surface area (Å²) in [7, 11) is 2.10. The Labute approximate surface area is 106 Å². The number of nitrogens with two attached hydrogens (primary N) is 1. The molecule has 1 aliphatic carbocycles. The van der Waals surface area contributed by atoms with E-state index in [2.05, 4.69) is 22.3 Å². The second-order valence-electron chi connectivity index (χ2n) is 5.17. The first kappa shape index (κ1) is 11.3. The fourth-order valence-corrected chi connectivity index (χ4v) is 2.86. The monoisotopic (exact) mass is 246 g/mol. The molecule has 2 aromatic rings. The molecule has 18 heavy (non-hydrogen) atoms. The molecule has 96 valence electrons. The van der Waals surface area contributed by atoms with E-state index in [1.165, 1.54) is 25.7 Å². The molecule has 3 rings (SSSR count). The molecule has 1 saturated carbocycles. The largest absolute Gasteiger partial charge is 0.397 e. The van der Waals surface area contributed by atoms with Crippen LogP contribution in [0.4, 0.5) is 11.4 Å². The summed E-state index contributed by atoms with van der Waals surface area (Å²) in [5, 5.41) is 7.82. The summed E-state index contributed by atoms with van der Waals surface area (Å²) < 4.78 is 4.80. The molecule has 5 nitrogen and oxygen atoms in total. The van der Waals surface area contributed by atoms with Gasteiger partial charge in [-0.2, -0.15) is 0 Å². The maximum Gasteiger partial charge on any atom is 0.160 e. The van der Waals surface area contributed by atoms with Crippen LogP contribution in [-0.2, 0) is 0 Å². The summed E-state index contributed by atoms with van der Waals surface area (Å²) in [6, 6.07) is 3.86. The first-order valence-corrected chi connectivity index (χ1v) is 6.47. The number of nitrogen functional groups attached to an aromatic ring is 1. The van der Waals surface area contributed by atoms with Crippen LogP contribution in [0.3, 0.4) is 0 Å². The summed E-state index contributed by atoms with van der Waals surface area (Å²) in [5.74, 6) is 0.794. The smallest absolute Gasteiger partial charge is 0.160 e. The number of hydrogen-bond donors (Lipinski definition) is 1. The SMILES string of the molecule is CN(CC1CCCC1)c1ccc(N)c2nonc12. The molecular formula is C13H18N4O. The predicted octanol–water partition coefficient (Wildman–Crippen LogP) is 2.43. The van der Waals surface area contributed by atoms with Crippen LogP contribution in [0.5, 0.6) is 0 Å². The molecular weight excluding hydrogens is 228 g/mol. The Morgan fingerprint density at radius 3 is 2.78 bits per heavy atom. The van der Waals surface area contributed by atoms with Gasteiger partial charge in [-0.3, -0.25) is 0 Å². The third-order valence-electron chi connectivity index (χ3n) is 3.84. The van der Waals surface area contributed by atoms with E-state index in [0.29, 0.717) is 11.2 Å². The summed E-state index contributed by atoms with van der Waals surface area (Å²) in [5.41, 5.74) is 8.93. The van der Waals surface area contributed by atoms with Crippen molar-refractivity contribution in [3.8, 4) is 0 Å². The molecule has 0 atom stereocenters. The van der Waals surface area contributed by atoms with Crippen LogP contribution in [0.25, 0.3) is 11.0 Å². The first-order valence-electron chi connectivity index (χ1n) is 6.47. The molecule has 1 fully saturated rings. The fraction of sp³-hybridized carbons (Fsp3) is 0.538. The molecule has 5 heteroatoms. The summed E-state index contributed by atoms with van der Waals surface area (Å²) >= 11 is 0. The van der Waals surface area contributed by atoms with E-state index in [1.54, 1.807) is 0 Å². The molecule has 0 aliphatic heterocycles. The Hall–Kier alpha value is -1.78. The zero-order chi connectivity index (χ0) is 12.5. The van der Waals surface area contributed by atoms with Crippen LogP contribution in [0.15, 0.2) is 16.8 Å². The zero-order valence-electron chi connectivity index (χ0n) is 10.6. The van der Waals surface area contributed by atoms with Gasteiger partial charge in [-0.05, 0) is 41.2 Å². The number of nitrogens with zero attached hydrogens (tertiary/aromatic N) is 3. The molecule has 1 aromatic carbocycles. The standard InChI is InChI=1S/C13H18N4O/c1-17(8-9-4-2-3-5-9)11-7-6-10(14)12-13(11)16-18-15-12/h6-7,9H,2-5,8,14H2,1H3. The van der Waals surface area contributed by atoms with Gasteiger partial charge < -0.3 is 10.6 Å². The summed E-state index contributed by atoms with van der Waals surface area (Å²) in [4.78, 5) is 2.24. The van der Waals surface area contributed by atoms with Crippen LogP contribution >= 0.6 is 0 Å². The third-order valence-corrected chi connectivity index (χ3v) is 3.84. The van der Waals surface area contributed by atoms with E-state index >= 15 is 0 Å². The fourth-order valence-electron chi connectivity index (χ4n) is 2.86. The van der Waals surface area contributed by atoms with Crippen molar-refractivity contribution in [2.75, 3.05) is 24.2 Å². The van der Waals surface area contributed by atoms with E-state index < -0.39 is 0 Å². The number of rotatable bonds is 3. The Balaban J connectivity index is 1.88. The molecule has 1 heterocycles. The minimum atomic E-state index is 0.615. The Morgan fingerprint density at radius 1 is 1.28 bits per heavy atom. The minimum Gasteiger partial charge on any atom is -0.397 e. The van der Waals surface area contributed by atoms with Gasteiger partial charge in [0.1, 0.15) is 0 Å². The average Bonchev–Trinajstić information content (AvgIpc) is 2.99. The number of hydrogen-bond acceptors (Lipinski definition) is 5. The lowest BCUT2D eigenvalue weighted by Crippen LogP contribution is -2.24. The number of benzene rings is 1. The highest BCUT2D eigenvalue weighted by molar-refractivity contribution is 5.95. The summed E-state index contributed by atoms with van der Waals surface area (Å²) in [6.45, 7) is 1.06. The van der Waals surface area contributed by atoms with E-state index in [9.17, 15) is 0 Å². The van der Waals surface area contributed by atoms with E-state index in [0.717, 1.165) is 23.7 Å². The number of aromatic nitrogens is 2. The van der Waals surface area contributed by atoms with Gasteiger partial charge >= 0.3 is 0 Å². The van der Waals surface area contributed by atoms with Gasteiger partial charge in [0.25, 0.3) is 0 Å². The Bertz CT molecular complexity index is 545. The van der Waals surface area contributed by atoms with Crippen molar-refractivity contribution in [2.45, 2.75) is 25.7 Å². The van der Waals surface area contributed by atoms with Crippen molar-refractivity contribution in [2.24, 2.45) is 5.92 Å². The van der Waals surface area contributed by atoms with Crippen molar-refractivity contribution >= 4 is 22.4 Å². The highest BCUT2D eigenvalue weighted by Crippen LogP contribution is 2.31. The van der Waals surface area contributed by atoms with Crippen LogP contribution in [0.2, 0.25) is 0 Å². The van der Waals surface area contributed by atoms with Crippen LogP contribution in [0, 0.1) is 5.92 Å². The van der Waals surface area contributed by atoms with Crippen molar-refractivity contribution in [3.63, 3.8) is 0 Å².